The van der Waals surface area contributed by atoms with Crippen molar-refractivity contribution in [1.29, 1.82) is 0 Å². The molecular weight excluding hydrogens is 322 g/mol. The number of fused-ring (bicyclic) bond motifs is 1. The molecule has 2 rings (SSSR count). The molecule has 0 aliphatic carbocycles. The van der Waals surface area contributed by atoms with Crippen molar-refractivity contribution in [1.82, 2.24) is 4.72 Å². The van der Waals surface area contributed by atoms with Crippen molar-refractivity contribution >= 4 is 32.4 Å². The molecule has 0 saturated heterocycles. The number of ether oxygens (including phenoxy) is 1. The van der Waals surface area contributed by atoms with Crippen LogP contribution >= 0.6 is 11.6 Å². The van der Waals surface area contributed by atoms with Crippen LogP contribution in [0, 0.1) is 0 Å². The van der Waals surface area contributed by atoms with Gasteiger partial charge in [-0.25, -0.2) is 13.1 Å². The standard InChI is InChI=1S/C16H20ClNO3S/c1-12(2)21-11-5-10-18-22(19,20)15-9-4-7-13-6-3-8-14(17)16(13)15/h3-4,6-9,12,18H,5,10-11H2,1-2H3. The van der Waals surface area contributed by atoms with Gasteiger partial charge in [0.25, 0.3) is 0 Å². The van der Waals surface area contributed by atoms with Gasteiger partial charge >= 0.3 is 0 Å². The van der Waals surface area contributed by atoms with E-state index in [1.807, 2.05) is 26.0 Å². The Morgan fingerprint density at radius 3 is 2.55 bits per heavy atom. The van der Waals surface area contributed by atoms with Crippen LogP contribution in [0.2, 0.25) is 5.02 Å². The van der Waals surface area contributed by atoms with E-state index in [2.05, 4.69) is 4.72 Å². The second-order valence-corrected chi connectivity index (χ2v) is 7.41. The van der Waals surface area contributed by atoms with Crippen molar-refractivity contribution in [3.63, 3.8) is 0 Å². The molecule has 6 heteroatoms. The minimum atomic E-state index is -3.60. The van der Waals surface area contributed by atoms with E-state index in [1.165, 1.54) is 0 Å². The minimum Gasteiger partial charge on any atom is -0.379 e. The van der Waals surface area contributed by atoms with Gasteiger partial charge in [0.2, 0.25) is 10.0 Å². The summed E-state index contributed by atoms with van der Waals surface area (Å²) in [6.07, 6.45) is 0.768. The Morgan fingerprint density at radius 2 is 1.86 bits per heavy atom. The molecule has 0 aliphatic rings. The molecule has 2 aromatic rings. The van der Waals surface area contributed by atoms with E-state index in [1.54, 1.807) is 24.3 Å². The Bertz CT molecular complexity index is 739. The third kappa shape index (κ3) is 4.20. The van der Waals surface area contributed by atoms with Crippen LogP contribution in [0.1, 0.15) is 20.3 Å². The monoisotopic (exact) mass is 341 g/mol. The Morgan fingerprint density at radius 1 is 1.18 bits per heavy atom. The van der Waals surface area contributed by atoms with E-state index in [0.29, 0.717) is 30.0 Å². The highest BCUT2D eigenvalue weighted by molar-refractivity contribution is 7.89. The molecule has 0 heterocycles. The van der Waals surface area contributed by atoms with Gasteiger partial charge in [-0.2, -0.15) is 0 Å². The van der Waals surface area contributed by atoms with E-state index >= 15 is 0 Å². The van der Waals surface area contributed by atoms with Gasteiger partial charge < -0.3 is 4.74 Å². The van der Waals surface area contributed by atoms with Crippen molar-refractivity contribution in [3.8, 4) is 0 Å². The SMILES string of the molecule is CC(C)OCCCNS(=O)(=O)c1cccc2cccc(Cl)c12. The normalized spacial score (nSPS) is 12.2. The van der Waals surface area contributed by atoms with Crippen LogP contribution in [-0.4, -0.2) is 27.7 Å². The van der Waals surface area contributed by atoms with Crippen LogP contribution < -0.4 is 4.72 Å². The molecule has 0 amide bonds. The summed E-state index contributed by atoms with van der Waals surface area (Å²) < 4.78 is 33.0. The molecule has 0 aliphatic heterocycles. The summed E-state index contributed by atoms with van der Waals surface area (Å²) in [5, 5.41) is 1.79. The predicted octanol–water partition coefficient (Wildman–Crippen LogP) is 3.59. The molecule has 0 bridgehead atoms. The largest absolute Gasteiger partial charge is 0.379 e. The summed E-state index contributed by atoms with van der Waals surface area (Å²) in [4.78, 5) is 0.209. The van der Waals surface area contributed by atoms with Crippen LogP contribution in [-0.2, 0) is 14.8 Å². The van der Waals surface area contributed by atoms with Crippen LogP contribution in [0.5, 0.6) is 0 Å². The minimum absolute atomic E-state index is 0.147. The molecule has 1 N–H and O–H groups in total. The van der Waals surface area contributed by atoms with Gasteiger partial charge in [-0.3, -0.25) is 0 Å². The van der Waals surface area contributed by atoms with E-state index < -0.39 is 10.0 Å². The smallest absolute Gasteiger partial charge is 0.241 e. The van der Waals surface area contributed by atoms with E-state index in [9.17, 15) is 8.42 Å². The highest BCUT2D eigenvalue weighted by atomic mass is 35.5. The first-order valence-corrected chi connectivity index (χ1v) is 9.06. The fourth-order valence-electron chi connectivity index (χ4n) is 2.16. The Balaban J connectivity index is 2.16. The third-order valence-electron chi connectivity index (χ3n) is 3.17. The lowest BCUT2D eigenvalue weighted by molar-refractivity contribution is 0.0778. The predicted molar refractivity (Wildman–Crippen MR) is 89.9 cm³/mol. The molecule has 0 atom stereocenters. The average Bonchev–Trinajstić information content (AvgIpc) is 2.46. The summed E-state index contributed by atoms with van der Waals surface area (Å²) in [5.74, 6) is 0. The first-order chi connectivity index (χ1) is 10.4. The van der Waals surface area contributed by atoms with Crippen molar-refractivity contribution in [2.24, 2.45) is 0 Å². The first-order valence-electron chi connectivity index (χ1n) is 7.20. The maximum Gasteiger partial charge on any atom is 0.241 e. The van der Waals surface area contributed by atoms with E-state index in [0.717, 1.165) is 5.39 Å². The number of halogens is 1. The third-order valence-corrected chi connectivity index (χ3v) is 4.99. The van der Waals surface area contributed by atoms with E-state index in [-0.39, 0.29) is 11.0 Å². The molecule has 0 aromatic heterocycles. The average molecular weight is 342 g/mol. The van der Waals surface area contributed by atoms with Gasteiger partial charge in [-0.15, -0.1) is 0 Å². The highest BCUT2D eigenvalue weighted by Crippen LogP contribution is 2.29. The fraction of sp³-hybridized carbons (Fsp3) is 0.375. The number of hydrogen-bond acceptors (Lipinski definition) is 3. The molecule has 0 spiro atoms. The van der Waals surface area contributed by atoms with E-state index in [4.69, 9.17) is 16.3 Å². The highest BCUT2D eigenvalue weighted by Gasteiger charge is 2.18. The lowest BCUT2D eigenvalue weighted by Gasteiger charge is -2.11. The van der Waals surface area contributed by atoms with Gasteiger partial charge in [-0.05, 0) is 37.8 Å². The quantitative estimate of drug-likeness (QED) is 0.783. The summed E-state index contributed by atoms with van der Waals surface area (Å²) in [5.41, 5.74) is 0. The Hall–Kier alpha value is -1.14. The zero-order chi connectivity index (χ0) is 16.2. The van der Waals surface area contributed by atoms with Crippen molar-refractivity contribution in [2.75, 3.05) is 13.2 Å². The molecule has 120 valence electrons. The van der Waals surface area contributed by atoms with Crippen LogP contribution in [0.3, 0.4) is 0 Å². The van der Waals surface area contributed by atoms with Gasteiger partial charge in [0.1, 0.15) is 0 Å². The number of hydrogen-bond donors (Lipinski definition) is 1. The maximum absolute atomic E-state index is 12.5. The molecular formula is C16H20ClNO3S. The number of rotatable bonds is 7. The molecule has 0 saturated carbocycles. The lowest BCUT2D eigenvalue weighted by Crippen LogP contribution is -2.26. The summed E-state index contributed by atoms with van der Waals surface area (Å²) >= 11 is 6.17. The Kier molecular flexibility index (Phi) is 5.81. The van der Waals surface area contributed by atoms with Crippen LogP contribution in [0.4, 0.5) is 0 Å². The van der Waals surface area contributed by atoms with Crippen molar-refractivity contribution in [2.45, 2.75) is 31.3 Å². The lowest BCUT2D eigenvalue weighted by atomic mass is 10.1. The molecule has 0 unspecified atom stereocenters. The molecule has 4 nitrogen and oxygen atoms in total. The number of sulfonamides is 1. The second-order valence-electron chi connectivity index (χ2n) is 5.26. The zero-order valence-corrected chi connectivity index (χ0v) is 14.2. The fourth-order valence-corrected chi connectivity index (χ4v) is 3.82. The van der Waals surface area contributed by atoms with Crippen LogP contribution in [0.15, 0.2) is 41.3 Å². The van der Waals surface area contributed by atoms with Gasteiger partial charge in [-0.1, -0.05) is 35.9 Å². The Labute approximate surface area is 136 Å². The van der Waals surface area contributed by atoms with Crippen molar-refractivity contribution < 1.29 is 13.2 Å². The van der Waals surface area contributed by atoms with Crippen LogP contribution in [0.25, 0.3) is 10.8 Å². The molecule has 22 heavy (non-hydrogen) atoms. The summed E-state index contributed by atoms with van der Waals surface area (Å²) in [6.45, 7) is 4.75. The topological polar surface area (TPSA) is 55.4 Å². The maximum atomic E-state index is 12.5. The number of benzene rings is 2. The second kappa shape index (κ2) is 7.42. The van der Waals surface area contributed by atoms with Gasteiger partial charge in [0.05, 0.1) is 11.0 Å². The first kappa shape index (κ1) is 17.2. The molecule has 0 fully saturated rings. The van der Waals surface area contributed by atoms with Gasteiger partial charge in [0.15, 0.2) is 0 Å². The van der Waals surface area contributed by atoms with Crippen molar-refractivity contribution in [3.05, 3.63) is 41.4 Å². The summed E-state index contributed by atoms with van der Waals surface area (Å²) in [6, 6.07) is 10.5. The van der Waals surface area contributed by atoms with Gasteiger partial charge in [0, 0.05) is 23.6 Å². The molecule has 0 radical (unpaired) electrons. The number of nitrogens with one attached hydrogen (secondary N) is 1. The summed E-state index contributed by atoms with van der Waals surface area (Å²) in [7, 11) is -3.60. The zero-order valence-electron chi connectivity index (χ0n) is 12.7. The molecule has 2 aromatic carbocycles.